The zero-order valence-corrected chi connectivity index (χ0v) is 20.0. The van der Waals surface area contributed by atoms with E-state index in [4.69, 9.17) is 4.98 Å². The average Bonchev–Trinajstić information content (AvgIpc) is 2.83. The van der Waals surface area contributed by atoms with Crippen molar-refractivity contribution in [2.75, 3.05) is 13.1 Å². The van der Waals surface area contributed by atoms with Gasteiger partial charge in [-0.3, -0.25) is 9.59 Å². The summed E-state index contributed by atoms with van der Waals surface area (Å²) in [6, 6.07) is 18.1. The lowest BCUT2D eigenvalue weighted by Gasteiger charge is -2.32. The second-order valence-electron chi connectivity index (χ2n) is 9.55. The Morgan fingerprint density at radius 2 is 1.67 bits per heavy atom. The van der Waals surface area contributed by atoms with Crippen LogP contribution in [0.25, 0.3) is 22.2 Å². The summed E-state index contributed by atoms with van der Waals surface area (Å²) in [6.45, 7) is 9.49. The highest BCUT2D eigenvalue weighted by Gasteiger charge is 2.29. The van der Waals surface area contributed by atoms with E-state index in [0.717, 1.165) is 22.2 Å². The number of carbonyl (C=O) groups is 2. The lowest BCUT2D eigenvalue weighted by atomic mass is 9.94. The first-order valence-electron chi connectivity index (χ1n) is 11.9. The van der Waals surface area contributed by atoms with E-state index in [1.807, 2.05) is 54.3 Å². The summed E-state index contributed by atoms with van der Waals surface area (Å²) in [7, 11) is 0. The maximum atomic E-state index is 13.6. The van der Waals surface area contributed by atoms with Gasteiger partial charge in [0.1, 0.15) is 0 Å². The van der Waals surface area contributed by atoms with Crippen molar-refractivity contribution >= 4 is 22.7 Å². The molecule has 1 atom stereocenters. The minimum Gasteiger partial charge on any atom is -0.353 e. The number of hydrogen-bond donors (Lipinski definition) is 1. The van der Waals surface area contributed by atoms with Crippen LogP contribution in [0.15, 0.2) is 54.6 Å². The van der Waals surface area contributed by atoms with E-state index in [9.17, 15) is 9.59 Å². The number of fused-ring (bicyclic) bond motifs is 1. The molecule has 2 aromatic carbocycles. The number of rotatable bonds is 5. The van der Waals surface area contributed by atoms with Crippen molar-refractivity contribution in [2.24, 2.45) is 11.8 Å². The van der Waals surface area contributed by atoms with Crippen LogP contribution in [-0.2, 0) is 4.79 Å². The van der Waals surface area contributed by atoms with Gasteiger partial charge >= 0.3 is 0 Å². The van der Waals surface area contributed by atoms with Crippen LogP contribution in [0.4, 0.5) is 0 Å². The third kappa shape index (κ3) is 5.08. The number of nitrogens with zero attached hydrogens (tertiary/aromatic N) is 2. The van der Waals surface area contributed by atoms with Gasteiger partial charge in [0.05, 0.1) is 16.8 Å². The molecule has 5 heteroatoms. The highest BCUT2D eigenvalue weighted by molar-refractivity contribution is 6.07. The summed E-state index contributed by atoms with van der Waals surface area (Å²) in [6.07, 6.45) is 1.38. The predicted octanol–water partition coefficient (Wildman–Crippen LogP) is 5.22. The van der Waals surface area contributed by atoms with Crippen molar-refractivity contribution in [3.05, 3.63) is 65.7 Å². The average molecular weight is 444 g/mol. The lowest BCUT2D eigenvalue weighted by molar-refractivity contribution is -0.127. The Hall–Kier alpha value is -3.21. The molecule has 2 amide bonds. The number of piperidine rings is 1. The van der Waals surface area contributed by atoms with E-state index in [1.54, 1.807) is 0 Å². The number of pyridine rings is 1. The smallest absolute Gasteiger partial charge is 0.254 e. The third-order valence-corrected chi connectivity index (χ3v) is 6.82. The fourth-order valence-electron chi connectivity index (χ4n) is 4.25. The van der Waals surface area contributed by atoms with Crippen LogP contribution in [0.1, 0.15) is 49.5 Å². The molecular weight excluding hydrogens is 410 g/mol. The second kappa shape index (κ2) is 9.74. The number of nitrogens with one attached hydrogen (secondary N) is 1. The van der Waals surface area contributed by atoms with Crippen molar-refractivity contribution in [3.63, 3.8) is 0 Å². The fraction of sp³-hybridized carbons (Fsp3) is 0.393. The SMILES string of the molecule is Cc1ccc(-c2cc(C(=O)N3CCC(C(=O)NC(C)C(C)C)CC3)c3ccccc3n2)cc1. The van der Waals surface area contributed by atoms with E-state index in [-0.39, 0.29) is 23.8 Å². The van der Waals surface area contributed by atoms with Crippen molar-refractivity contribution in [1.82, 2.24) is 15.2 Å². The molecule has 0 aliphatic carbocycles. The van der Waals surface area contributed by atoms with E-state index in [0.29, 0.717) is 37.4 Å². The monoisotopic (exact) mass is 443 g/mol. The Labute approximate surface area is 196 Å². The van der Waals surface area contributed by atoms with Gasteiger partial charge in [-0.1, -0.05) is 61.9 Å². The largest absolute Gasteiger partial charge is 0.353 e. The molecule has 0 radical (unpaired) electrons. The van der Waals surface area contributed by atoms with Gasteiger partial charge in [-0.05, 0) is 44.7 Å². The molecule has 172 valence electrons. The van der Waals surface area contributed by atoms with E-state index in [2.05, 4.69) is 38.2 Å². The van der Waals surface area contributed by atoms with Gasteiger partial charge in [-0.25, -0.2) is 4.98 Å². The molecule has 1 fully saturated rings. The molecule has 0 spiro atoms. The second-order valence-corrected chi connectivity index (χ2v) is 9.55. The number of carbonyl (C=O) groups excluding carboxylic acids is 2. The quantitative estimate of drug-likeness (QED) is 0.588. The van der Waals surface area contributed by atoms with Crippen LogP contribution in [0.2, 0.25) is 0 Å². The fourth-order valence-corrected chi connectivity index (χ4v) is 4.25. The number of likely N-dealkylation sites (tertiary alicyclic amines) is 1. The molecule has 2 heterocycles. The normalized spacial score (nSPS) is 15.6. The standard InChI is InChI=1S/C28H33N3O2/c1-18(2)20(4)29-27(32)22-13-15-31(16-14-22)28(33)24-17-26(21-11-9-19(3)10-12-21)30-25-8-6-5-7-23(24)25/h5-12,17-18,20,22H,13-16H2,1-4H3,(H,29,32). The Morgan fingerprint density at radius 3 is 2.33 bits per heavy atom. The zero-order valence-electron chi connectivity index (χ0n) is 20.0. The molecule has 5 nitrogen and oxygen atoms in total. The summed E-state index contributed by atoms with van der Waals surface area (Å²) >= 11 is 0. The molecule has 1 unspecified atom stereocenters. The number of aromatic nitrogens is 1. The molecule has 1 N–H and O–H groups in total. The Morgan fingerprint density at radius 1 is 1.00 bits per heavy atom. The molecule has 1 aromatic heterocycles. The minimum atomic E-state index is -0.0347. The molecular formula is C28H33N3O2. The molecule has 1 aliphatic heterocycles. The van der Waals surface area contributed by atoms with Crippen molar-refractivity contribution < 1.29 is 9.59 Å². The first-order valence-corrected chi connectivity index (χ1v) is 11.9. The highest BCUT2D eigenvalue weighted by Crippen LogP contribution is 2.28. The Kier molecular flexibility index (Phi) is 6.77. The Bertz CT molecular complexity index is 1150. The van der Waals surface area contributed by atoms with Crippen LogP contribution in [0.3, 0.4) is 0 Å². The molecule has 1 aliphatic rings. The number of hydrogen-bond acceptors (Lipinski definition) is 3. The van der Waals surface area contributed by atoms with Gasteiger partial charge < -0.3 is 10.2 Å². The van der Waals surface area contributed by atoms with E-state index >= 15 is 0 Å². The summed E-state index contributed by atoms with van der Waals surface area (Å²) in [5.41, 5.74) is 4.47. The van der Waals surface area contributed by atoms with Crippen LogP contribution in [-0.4, -0.2) is 40.8 Å². The molecule has 3 aromatic rings. The summed E-state index contributed by atoms with van der Waals surface area (Å²) in [4.78, 5) is 32.9. The van der Waals surface area contributed by atoms with Gasteiger partial charge in [0.25, 0.3) is 5.91 Å². The Balaban J connectivity index is 1.55. The van der Waals surface area contributed by atoms with E-state index < -0.39 is 0 Å². The van der Waals surface area contributed by atoms with Crippen molar-refractivity contribution in [2.45, 2.75) is 46.6 Å². The van der Waals surface area contributed by atoms with Crippen molar-refractivity contribution in [3.8, 4) is 11.3 Å². The summed E-state index contributed by atoms with van der Waals surface area (Å²) in [5.74, 6) is 0.488. The van der Waals surface area contributed by atoms with Gasteiger partial charge in [0.2, 0.25) is 5.91 Å². The molecule has 33 heavy (non-hydrogen) atoms. The maximum Gasteiger partial charge on any atom is 0.254 e. The van der Waals surface area contributed by atoms with Crippen LogP contribution in [0.5, 0.6) is 0 Å². The first kappa shape index (κ1) is 23.0. The predicted molar refractivity (Wildman–Crippen MR) is 133 cm³/mol. The minimum absolute atomic E-state index is 0.0105. The van der Waals surface area contributed by atoms with E-state index in [1.165, 1.54) is 5.56 Å². The van der Waals surface area contributed by atoms with Crippen LogP contribution < -0.4 is 5.32 Å². The molecule has 0 saturated carbocycles. The molecule has 4 rings (SSSR count). The first-order chi connectivity index (χ1) is 15.8. The van der Waals surface area contributed by atoms with Gasteiger partial charge in [0.15, 0.2) is 0 Å². The third-order valence-electron chi connectivity index (χ3n) is 6.82. The zero-order chi connectivity index (χ0) is 23.5. The maximum absolute atomic E-state index is 13.6. The van der Waals surface area contributed by atoms with Gasteiger partial charge in [-0.15, -0.1) is 0 Å². The van der Waals surface area contributed by atoms with Crippen molar-refractivity contribution in [1.29, 1.82) is 0 Å². The van der Waals surface area contributed by atoms with Gasteiger partial charge in [-0.2, -0.15) is 0 Å². The number of aryl methyl sites for hydroxylation is 1. The van der Waals surface area contributed by atoms with Crippen LogP contribution >= 0.6 is 0 Å². The molecule has 0 bridgehead atoms. The number of para-hydroxylation sites is 1. The number of amides is 2. The highest BCUT2D eigenvalue weighted by atomic mass is 16.2. The summed E-state index contributed by atoms with van der Waals surface area (Å²) in [5, 5.41) is 3.99. The van der Waals surface area contributed by atoms with Crippen LogP contribution in [0, 0.1) is 18.8 Å². The van der Waals surface area contributed by atoms with Gasteiger partial charge in [0, 0.05) is 36.0 Å². The molecule has 1 saturated heterocycles. The number of benzene rings is 2. The summed E-state index contributed by atoms with van der Waals surface area (Å²) < 4.78 is 0. The lowest BCUT2D eigenvalue weighted by Crippen LogP contribution is -2.45. The topological polar surface area (TPSA) is 62.3 Å².